The van der Waals surface area contributed by atoms with Crippen molar-refractivity contribution >= 4 is 23.2 Å². The molecule has 0 unspecified atom stereocenters. The monoisotopic (exact) mass is 282 g/mol. The van der Waals surface area contributed by atoms with Crippen molar-refractivity contribution in [3.8, 4) is 0 Å². The second-order valence-corrected chi connectivity index (χ2v) is 3.29. The highest BCUT2D eigenvalue weighted by Crippen LogP contribution is 2.30. The van der Waals surface area contributed by atoms with Crippen LogP contribution in [0.3, 0.4) is 0 Å². The molecule has 3 nitrogen and oxygen atoms in total. The third kappa shape index (κ3) is 4.91. The van der Waals surface area contributed by atoms with Crippen molar-refractivity contribution < 1.29 is 18.0 Å². The van der Waals surface area contributed by atoms with Crippen LogP contribution in [0.25, 0.3) is 0 Å². The first-order valence-electron chi connectivity index (χ1n) is 5.38. The van der Waals surface area contributed by atoms with Crippen molar-refractivity contribution in [2.45, 2.75) is 33.4 Å². The van der Waals surface area contributed by atoms with E-state index in [0.29, 0.717) is 0 Å². The Morgan fingerprint density at radius 3 is 2.33 bits per heavy atom. The summed E-state index contributed by atoms with van der Waals surface area (Å²) < 4.78 is 36.7. The number of nitrogens with zero attached hydrogens (tertiary/aromatic N) is 1. The highest BCUT2D eigenvalue weighted by atomic mass is 35.5. The Morgan fingerprint density at radius 1 is 1.39 bits per heavy atom. The molecule has 1 aromatic heterocycles. The molecule has 0 atom stereocenters. The Labute approximate surface area is 108 Å². The molecule has 0 saturated heterocycles. The van der Waals surface area contributed by atoms with Crippen molar-refractivity contribution in [1.82, 2.24) is 4.98 Å². The zero-order valence-corrected chi connectivity index (χ0v) is 11.0. The van der Waals surface area contributed by atoms with E-state index in [1.807, 2.05) is 13.8 Å². The molecule has 102 valence electrons. The second kappa shape index (κ2) is 7.20. The molecule has 1 rings (SSSR count). The molecule has 1 aromatic rings. The van der Waals surface area contributed by atoms with Crippen LogP contribution < -0.4 is 5.32 Å². The normalized spacial score (nSPS) is 10.4. The molecule has 1 heterocycles. The van der Waals surface area contributed by atoms with Crippen LogP contribution >= 0.6 is 11.6 Å². The number of anilines is 1. The fourth-order valence-electron chi connectivity index (χ4n) is 0.924. The van der Waals surface area contributed by atoms with Gasteiger partial charge in [-0.15, -0.1) is 0 Å². The third-order valence-electron chi connectivity index (χ3n) is 1.73. The van der Waals surface area contributed by atoms with Crippen LogP contribution in [0.4, 0.5) is 18.9 Å². The summed E-state index contributed by atoms with van der Waals surface area (Å²) in [7, 11) is 0. The third-order valence-corrected chi connectivity index (χ3v) is 2.02. The first-order valence-corrected chi connectivity index (χ1v) is 5.76. The molecule has 1 amide bonds. The number of rotatable bonds is 2. The second-order valence-electron chi connectivity index (χ2n) is 2.93. The number of amides is 1. The summed E-state index contributed by atoms with van der Waals surface area (Å²) in [6, 6.07) is 1.84. The van der Waals surface area contributed by atoms with E-state index in [0.717, 1.165) is 12.1 Å². The van der Waals surface area contributed by atoms with Crippen LogP contribution in [0.5, 0.6) is 0 Å². The van der Waals surface area contributed by atoms with Crippen LogP contribution in [-0.4, -0.2) is 10.9 Å². The molecule has 0 radical (unpaired) electrons. The average molecular weight is 283 g/mol. The van der Waals surface area contributed by atoms with Crippen molar-refractivity contribution in [1.29, 1.82) is 0 Å². The average Bonchev–Trinajstić information content (AvgIpc) is 2.32. The van der Waals surface area contributed by atoms with Gasteiger partial charge in [-0.3, -0.25) is 4.79 Å². The van der Waals surface area contributed by atoms with Gasteiger partial charge in [-0.1, -0.05) is 32.4 Å². The van der Waals surface area contributed by atoms with Gasteiger partial charge in [0, 0.05) is 6.42 Å². The van der Waals surface area contributed by atoms with Crippen LogP contribution in [0.1, 0.15) is 32.9 Å². The summed E-state index contributed by atoms with van der Waals surface area (Å²) in [5, 5.41) is 1.96. The number of alkyl halides is 3. The summed E-state index contributed by atoms with van der Waals surface area (Å²) >= 11 is 5.51. The van der Waals surface area contributed by atoms with E-state index in [2.05, 4.69) is 10.3 Å². The number of halogens is 4. The molecular weight excluding hydrogens is 269 g/mol. The Kier molecular flexibility index (Phi) is 6.68. The first-order chi connectivity index (χ1) is 8.34. The molecule has 0 spiro atoms. The van der Waals surface area contributed by atoms with Crippen molar-refractivity contribution in [2.75, 3.05) is 5.32 Å². The van der Waals surface area contributed by atoms with E-state index in [4.69, 9.17) is 11.6 Å². The minimum Gasteiger partial charge on any atom is -0.323 e. The number of hydrogen-bond acceptors (Lipinski definition) is 2. The molecule has 0 saturated carbocycles. The summed E-state index contributed by atoms with van der Waals surface area (Å²) in [6.07, 6.45) is -4.34. The predicted molar refractivity (Wildman–Crippen MR) is 64.5 cm³/mol. The lowest BCUT2D eigenvalue weighted by atomic mass is 10.3. The molecule has 0 aromatic carbocycles. The SMILES string of the molecule is CC.CCC(=O)Nc1ccc(C(F)(F)F)nc1Cl. The molecular formula is C11H14ClF3N2O. The van der Waals surface area contributed by atoms with Gasteiger partial charge in [-0.2, -0.15) is 13.2 Å². The lowest BCUT2D eigenvalue weighted by Gasteiger charge is -2.09. The van der Waals surface area contributed by atoms with Crippen LogP contribution in [-0.2, 0) is 11.0 Å². The van der Waals surface area contributed by atoms with Gasteiger partial charge in [0.2, 0.25) is 5.91 Å². The van der Waals surface area contributed by atoms with E-state index >= 15 is 0 Å². The highest BCUT2D eigenvalue weighted by Gasteiger charge is 2.32. The smallest absolute Gasteiger partial charge is 0.323 e. The van der Waals surface area contributed by atoms with Gasteiger partial charge in [-0.05, 0) is 12.1 Å². The van der Waals surface area contributed by atoms with Gasteiger partial charge in [0.15, 0.2) is 5.15 Å². The number of nitrogens with one attached hydrogen (secondary N) is 1. The number of aromatic nitrogens is 1. The van der Waals surface area contributed by atoms with Gasteiger partial charge in [0.05, 0.1) is 5.69 Å². The van der Waals surface area contributed by atoms with E-state index in [1.54, 1.807) is 6.92 Å². The first kappa shape index (κ1) is 16.7. The van der Waals surface area contributed by atoms with Gasteiger partial charge >= 0.3 is 6.18 Å². The van der Waals surface area contributed by atoms with Gasteiger partial charge in [-0.25, -0.2) is 4.98 Å². The fourth-order valence-corrected chi connectivity index (χ4v) is 1.13. The molecule has 0 aliphatic rings. The number of carbonyl (C=O) groups is 1. The Morgan fingerprint density at radius 2 is 1.94 bits per heavy atom. The van der Waals surface area contributed by atoms with E-state index in [9.17, 15) is 18.0 Å². The maximum atomic E-state index is 12.2. The molecule has 18 heavy (non-hydrogen) atoms. The van der Waals surface area contributed by atoms with E-state index < -0.39 is 11.9 Å². The van der Waals surface area contributed by atoms with Gasteiger partial charge < -0.3 is 5.32 Å². The molecule has 0 aliphatic carbocycles. The minimum atomic E-state index is -4.54. The molecule has 0 aliphatic heterocycles. The predicted octanol–water partition coefficient (Wildman–Crippen LogP) is 4.13. The number of carbonyl (C=O) groups excluding carboxylic acids is 1. The number of hydrogen-bond donors (Lipinski definition) is 1. The zero-order valence-electron chi connectivity index (χ0n) is 10.2. The summed E-state index contributed by atoms with van der Waals surface area (Å²) in [5.74, 6) is -0.344. The standard InChI is InChI=1S/C9H8ClF3N2O.C2H6/c1-2-7(16)14-5-3-4-6(9(11,12)13)15-8(5)10;1-2/h3-4H,2H2,1H3,(H,14,16);1-2H3. The topological polar surface area (TPSA) is 42.0 Å². The highest BCUT2D eigenvalue weighted by molar-refractivity contribution is 6.32. The fraction of sp³-hybridized carbons (Fsp3) is 0.455. The van der Waals surface area contributed by atoms with Crippen LogP contribution in [0.15, 0.2) is 12.1 Å². The zero-order chi connectivity index (χ0) is 14.3. The Hall–Kier alpha value is -1.30. The maximum Gasteiger partial charge on any atom is 0.433 e. The summed E-state index contributed by atoms with van der Waals surface area (Å²) in [5.41, 5.74) is -1.02. The number of pyridine rings is 1. The maximum absolute atomic E-state index is 12.2. The van der Waals surface area contributed by atoms with Gasteiger partial charge in [0.25, 0.3) is 0 Å². The summed E-state index contributed by atoms with van der Waals surface area (Å²) in [4.78, 5) is 14.2. The Balaban J connectivity index is 0.00000137. The lowest BCUT2D eigenvalue weighted by molar-refractivity contribution is -0.141. The van der Waals surface area contributed by atoms with E-state index in [-0.39, 0.29) is 23.2 Å². The van der Waals surface area contributed by atoms with E-state index in [1.165, 1.54) is 0 Å². The molecule has 7 heteroatoms. The quantitative estimate of drug-likeness (QED) is 0.829. The van der Waals surface area contributed by atoms with Crippen molar-refractivity contribution in [2.24, 2.45) is 0 Å². The van der Waals surface area contributed by atoms with Crippen molar-refractivity contribution in [3.05, 3.63) is 23.0 Å². The Bertz CT molecular complexity index is 408. The molecule has 0 fully saturated rings. The summed E-state index contributed by atoms with van der Waals surface area (Å²) in [6.45, 7) is 5.61. The van der Waals surface area contributed by atoms with Gasteiger partial charge in [0.1, 0.15) is 5.69 Å². The molecule has 1 N–H and O–H groups in total. The molecule has 0 bridgehead atoms. The van der Waals surface area contributed by atoms with Crippen LogP contribution in [0, 0.1) is 0 Å². The lowest BCUT2D eigenvalue weighted by Crippen LogP contribution is -2.12. The van der Waals surface area contributed by atoms with Crippen LogP contribution in [0.2, 0.25) is 5.15 Å². The van der Waals surface area contributed by atoms with Crippen molar-refractivity contribution in [3.63, 3.8) is 0 Å². The minimum absolute atomic E-state index is 0.0708. The largest absolute Gasteiger partial charge is 0.433 e.